The van der Waals surface area contributed by atoms with Crippen molar-refractivity contribution < 1.29 is 0 Å². The predicted octanol–water partition coefficient (Wildman–Crippen LogP) is 3.89. The summed E-state index contributed by atoms with van der Waals surface area (Å²) in [5.41, 5.74) is 13.3. The van der Waals surface area contributed by atoms with Gasteiger partial charge in [0.05, 0.1) is 10.6 Å². The average molecular weight is 357 g/mol. The molecule has 130 valence electrons. The van der Waals surface area contributed by atoms with Crippen LogP contribution in [0.25, 0.3) is 0 Å². The Morgan fingerprint density at radius 3 is 1.12 bits per heavy atom. The van der Waals surface area contributed by atoms with Crippen molar-refractivity contribution in [3.05, 3.63) is 56.6 Å². The van der Waals surface area contributed by atoms with Crippen LogP contribution >= 0.6 is 7.80 Å². The molecule has 0 heterocycles. The lowest BCUT2D eigenvalue weighted by atomic mass is 10.0. The van der Waals surface area contributed by atoms with E-state index in [0.29, 0.717) is 0 Å². The summed E-state index contributed by atoms with van der Waals surface area (Å²) in [5, 5.41) is 3.35. The third kappa shape index (κ3) is 2.19. The molecule has 2 heteroatoms. The second kappa shape index (κ2) is 5.97. The normalized spacial score (nSPS) is 19.7. The Bertz CT molecular complexity index is 787. The standard InChI is InChI=1S/C24H27BP/c25-26(23-19-9-1-5-15(19)13-16-6-2-10-20(16)23)24-21-11-3-7-17(21)14-18-8-4-12-22(18)24/h13-14,26H,1-12H2/q+1. The highest BCUT2D eigenvalue weighted by atomic mass is 31.1. The summed E-state index contributed by atoms with van der Waals surface area (Å²) in [4.78, 5) is 0. The average Bonchev–Trinajstić information content (AvgIpc) is 3.42. The number of hydrogen-bond acceptors (Lipinski definition) is 0. The molecule has 2 aromatic carbocycles. The molecule has 4 aliphatic carbocycles. The van der Waals surface area contributed by atoms with Crippen LogP contribution in [0.2, 0.25) is 0 Å². The number of fused-ring (bicyclic) bond motifs is 4. The first-order chi connectivity index (χ1) is 12.8. The Morgan fingerprint density at radius 1 is 0.500 bits per heavy atom. The quantitative estimate of drug-likeness (QED) is 0.565. The van der Waals surface area contributed by atoms with Crippen LogP contribution in [0.3, 0.4) is 0 Å². The maximum Gasteiger partial charge on any atom is 0.374 e. The third-order valence-electron chi connectivity index (χ3n) is 7.48. The monoisotopic (exact) mass is 357 g/mol. The number of aryl methyl sites for hydroxylation is 4. The number of rotatable bonds is 2. The topological polar surface area (TPSA) is 0 Å². The van der Waals surface area contributed by atoms with Crippen LogP contribution in [-0.4, -0.2) is 7.57 Å². The van der Waals surface area contributed by atoms with Gasteiger partial charge in [-0.1, -0.05) is 12.1 Å². The molecule has 0 nitrogen and oxygen atoms in total. The predicted molar refractivity (Wildman–Crippen MR) is 114 cm³/mol. The summed E-state index contributed by atoms with van der Waals surface area (Å²) in [6.45, 7) is 0. The lowest BCUT2D eigenvalue weighted by Gasteiger charge is -2.20. The van der Waals surface area contributed by atoms with Crippen molar-refractivity contribution in [1.29, 1.82) is 0 Å². The van der Waals surface area contributed by atoms with Crippen molar-refractivity contribution in [3.8, 4) is 0 Å². The Kier molecular flexibility index (Phi) is 3.66. The minimum Gasteiger partial charge on any atom is -0.0550 e. The molecule has 2 radical (unpaired) electrons. The van der Waals surface area contributed by atoms with Crippen molar-refractivity contribution in [2.24, 2.45) is 0 Å². The maximum atomic E-state index is 7.31. The first-order valence-electron chi connectivity index (χ1n) is 10.8. The molecule has 0 N–H and O–H groups in total. The van der Waals surface area contributed by atoms with E-state index < -0.39 is 7.80 Å². The third-order valence-corrected chi connectivity index (χ3v) is 9.77. The summed E-state index contributed by atoms with van der Waals surface area (Å²) >= 11 is 0. The largest absolute Gasteiger partial charge is 0.374 e. The van der Waals surface area contributed by atoms with Crippen LogP contribution in [0.15, 0.2) is 12.1 Å². The van der Waals surface area contributed by atoms with Crippen LogP contribution in [-0.2, 0) is 51.4 Å². The van der Waals surface area contributed by atoms with Gasteiger partial charge in [0.2, 0.25) is 0 Å². The van der Waals surface area contributed by atoms with Gasteiger partial charge < -0.3 is 0 Å². The summed E-state index contributed by atoms with van der Waals surface area (Å²) in [5.74, 6) is 0. The highest BCUT2D eigenvalue weighted by molar-refractivity contribution is 7.94. The minimum atomic E-state index is -1.14. The zero-order valence-corrected chi connectivity index (χ0v) is 16.7. The molecule has 0 spiro atoms. The van der Waals surface area contributed by atoms with E-state index in [2.05, 4.69) is 12.1 Å². The van der Waals surface area contributed by atoms with Gasteiger partial charge in [-0.25, -0.2) is 0 Å². The fourth-order valence-corrected chi connectivity index (χ4v) is 9.10. The van der Waals surface area contributed by atoms with Crippen molar-refractivity contribution in [1.82, 2.24) is 0 Å². The molecule has 6 rings (SSSR count). The van der Waals surface area contributed by atoms with E-state index in [-0.39, 0.29) is 0 Å². The van der Waals surface area contributed by atoms with E-state index in [4.69, 9.17) is 7.57 Å². The second-order valence-corrected chi connectivity index (χ2v) is 10.7. The van der Waals surface area contributed by atoms with Gasteiger partial charge in [-0.3, -0.25) is 0 Å². The van der Waals surface area contributed by atoms with Crippen LogP contribution in [0.5, 0.6) is 0 Å². The minimum absolute atomic E-state index is 1.14. The molecule has 0 bridgehead atoms. The van der Waals surface area contributed by atoms with E-state index in [1.165, 1.54) is 77.0 Å². The molecule has 0 unspecified atom stereocenters. The van der Waals surface area contributed by atoms with Gasteiger partial charge in [0.25, 0.3) is 0 Å². The second-order valence-electron chi connectivity index (χ2n) is 8.88. The molecule has 26 heavy (non-hydrogen) atoms. The molecule has 4 aliphatic rings. The van der Waals surface area contributed by atoms with Gasteiger partial charge in [0, 0.05) is 7.80 Å². The Labute approximate surface area is 159 Å². The molecule has 0 atom stereocenters. The van der Waals surface area contributed by atoms with E-state index in [9.17, 15) is 0 Å². The van der Waals surface area contributed by atoms with Crippen molar-refractivity contribution in [2.75, 3.05) is 0 Å². The van der Waals surface area contributed by atoms with E-state index in [1.54, 1.807) is 55.1 Å². The SMILES string of the molecule is [B][PH+](c1c2c(cc3c1CCC3)CCC2)c1c2c(cc3c1CCC3)CCC2. The first-order valence-corrected chi connectivity index (χ1v) is 12.3. The first kappa shape index (κ1) is 15.9. The molecule has 0 saturated carbocycles. The number of hydrogen-bond donors (Lipinski definition) is 0. The fraction of sp³-hybridized carbons (Fsp3) is 0.500. The maximum absolute atomic E-state index is 7.31. The summed E-state index contributed by atoms with van der Waals surface area (Å²) in [6.07, 6.45) is 15.6. The Hall–Kier alpha value is -1.07. The highest BCUT2D eigenvalue weighted by Gasteiger charge is 2.37. The van der Waals surface area contributed by atoms with Gasteiger partial charge >= 0.3 is 7.57 Å². The fourth-order valence-electron chi connectivity index (χ4n) is 6.41. The molecule has 2 aromatic rings. The van der Waals surface area contributed by atoms with Crippen molar-refractivity contribution in [3.63, 3.8) is 0 Å². The highest BCUT2D eigenvalue weighted by Crippen LogP contribution is 2.44. The van der Waals surface area contributed by atoms with Crippen LogP contribution in [0.1, 0.15) is 70.2 Å². The number of benzene rings is 2. The van der Waals surface area contributed by atoms with Crippen LogP contribution in [0, 0.1) is 0 Å². The lowest BCUT2D eigenvalue weighted by Crippen LogP contribution is -2.25. The van der Waals surface area contributed by atoms with E-state index in [0.717, 1.165) is 0 Å². The molecular weight excluding hydrogens is 330 g/mol. The van der Waals surface area contributed by atoms with Gasteiger partial charge in [-0.05, 0) is 122 Å². The summed E-state index contributed by atoms with van der Waals surface area (Å²) in [7, 11) is 6.17. The van der Waals surface area contributed by atoms with E-state index >= 15 is 0 Å². The summed E-state index contributed by atoms with van der Waals surface area (Å²) < 4.78 is 0. The molecule has 0 aromatic heterocycles. The lowest BCUT2D eigenvalue weighted by molar-refractivity contribution is 0.899. The Balaban J connectivity index is 1.59. The van der Waals surface area contributed by atoms with E-state index in [1.807, 2.05) is 0 Å². The van der Waals surface area contributed by atoms with Crippen LogP contribution in [0.4, 0.5) is 0 Å². The van der Waals surface area contributed by atoms with Gasteiger partial charge in [-0.2, -0.15) is 0 Å². The van der Waals surface area contributed by atoms with Gasteiger partial charge in [-0.15, -0.1) is 0 Å². The molecule has 0 amide bonds. The Morgan fingerprint density at radius 2 is 0.808 bits per heavy atom. The van der Waals surface area contributed by atoms with Crippen LogP contribution < -0.4 is 10.6 Å². The van der Waals surface area contributed by atoms with Gasteiger partial charge in [0.15, 0.2) is 0 Å². The van der Waals surface area contributed by atoms with Crippen molar-refractivity contribution >= 4 is 26.0 Å². The molecule has 0 saturated heterocycles. The summed E-state index contributed by atoms with van der Waals surface area (Å²) in [6, 6.07) is 5.12. The zero-order chi connectivity index (χ0) is 17.3. The molecular formula is C24H27BP+. The van der Waals surface area contributed by atoms with Gasteiger partial charge in [0.1, 0.15) is 0 Å². The molecule has 0 aliphatic heterocycles. The molecule has 0 fully saturated rings. The zero-order valence-electron chi connectivity index (χ0n) is 15.7. The smallest absolute Gasteiger partial charge is 0.0550 e. The van der Waals surface area contributed by atoms with Crippen molar-refractivity contribution in [2.45, 2.75) is 77.0 Å².